The minimum atomic E-state index is 0.109. The van der Waals surface area contributed by atoms with Gasteiger partial charge in [-0.2, -0.15) is 0 Å². The third kappa shape index (κ3) is 1.69. The number of aromatic nitrogens is 1. The van der Waals surface area contributed by atoms with Crippen molar-refractivity contribution in [3.8, 4) is 0 Å². The van der Waals surface area contributed by atoms with Gasteiger partial charge >= 0.3 is 0 Å². The van der Waals surface area contributed by atoms with E-state index in [2.05, 4.69) is 31.4 Å². The van der Waals surface area contributed by atoms with Crippen molar-refractivity contribution >= 4 is 0 Å². The number of nitrogens with zero attached hydrogens (tertiary/aromatic N) is 1. The van der Waals surface area contributed by atoms with Gasteiger partial charge in [0, 0.05) is 25.0 Å². The summed E-state index contributed by atoms with van der Waals surface area (Å²) < 4.78 is 2.08. The third-order valence-corrected chi connectivity index (χ3v) is 2.24. The maximum absolute atomic E-state index is 6.10. The molecule has 0 aliphatic carbocycles. The molecule has 0 fully saturated rings. The molecule has 1 aromatic heterocycles. The van der Waals surface area contributed by atoms with Crippen LogP contribution in [-0.2, 0) is 7.05 Å². The molecule has 0 amide bonds. The number of hydrogen-bond acceptors (Lipinski definition) is 1. The molecule has 0 aliphatic rings. The van der Waals surface area contributed by atoms with E-state index in [0.717, 1.165) is 0 Å². The number of aryl methyl sites for hydroxylation is 1. The van der Waals surface area contributed by atoms with Crippen LogP contribution in [0.15, 0.2) is 18.3 Å². The van der Waals surface area contributed by atoms with Crippen molar-refractivity contribution in [2.24, 2.45) is 18.2 Å². The van der Waals surface area contributed by atoms with Crippen LogP contribution in [0.1, 0.15) is 32.5 Å². The van der Waals surface area contributed by atoms with Crippen LogP contribution in [0.25, 0.3) is 0 Å². The van der Waals surface area contributed by atoms with Crippen molar-refractivity contribution in [2.75, 3.05) is 0 Å². The molecule has 0 saturated carbocycles. The Kier molecular flexibility index (Phi) is 2.29. The summed E-state index contributed by atoms with van der Waals surface area (Å²) in [5.74, 6) is 0. The summed E-state index contributed by atoms with van der Waals surface area (Å²) in [6, 6.07) is 4.22. The monoisotopic (exact) mass is 166 g/mol. The van der Waals surface area contributed by atoms with E-state index in [4.69, 9.17) is 5.73 Å². The van der Waals surface area contributed by atoms with Crippen molar-refractivity contribution in [2.45, 2.75) is 26.8 Å². The van der Waals surface area contributed by atoms with Gasteiger partial charge in [-0.1, -0.05) is 20.8 Å². The normalized spacial score (nSPS) is 14.8. The zero-order chi connectivity index (χ0) is 9.35. The molecule has 1 atom stereocenters. The van der Waals surface area contributed by atoms with Crippen molar-refractivity contribution in [1.82, 2.24) is 4.57 Å². The smallest absolute Gasteiger partial charge is 0.0498 e. The van der Waals surface area contributed by atoms with Gasteiger partial charge in [0.2, 0.25) is 0 Å². The Labute approximate surface area is 74.4 Å². The average Bonchev–Trinajstić information content (AvgIpc) is 2.31. The number of rotatable bonds is 1. The molecule has 0 radical (unpaired) electrons. The van der Waals surface area contributed by atoms with Gasteiger partial charge in [0.1, 0.15) is 0 Å². The zero-order valence-corrected chi connectivity index (χ0v) is 8.33. The Balaban J connectivity index is 2.92. The Morgan fingerprint density at radius 2 is 2.00 bits per heavy atom. The van der Waals surface area contributed by atoms with E-state index < -0.39 is 0 Å². The first-order valence-electron chi connectivity index (χ1n) is 4.30. The first-order chi connectivity index (χ1) is 5.43. The molecule has 0 bridgehead atoms. The van der Waals surface area contributed by atoms with Crippen LogP contribution in [0.3, 0.4) is 0 Å². The predicted molar refractivity (Wildman–Crippen MR) is 51.8 cm³/mol. The minimum Gasteiger partial charge on any atom is -0.353 e. The molecular formula is C10H18N2. The fourth-order valence-electron chi connectivity index (χ4n) is 1.24. The molecule has 12 heavy (non-hydrogen) atoms. The van der Waals surface area contributed by atoms with Crippen molar-refractivity contribution in [3.05, 3.63) is 24.0 Å². The van der Waals surface area contributed by atoms with Gasteiger partial charge in [-0.05, 0) is 17.5 Å². The van der Waals surface area contributed by atoms with E-state index >= 15 is 0 Å². The minimum absolute atomic E-state index is 0.109. The lowest BCUT2D eigenvalue weighted by molar-refractivity contribution is 0.316. The van der Waals surface area contributed by atoms with Gasteiger partial charge in [0.15, 0.2) is 0 Å². The lowest BCUT2D eigenvalue weighted by Crippen LogP contribution is -2.27. The molecular weight excluding hydrogens is 148 g/mol. The van der Waals surface area contributed by atoms with Crippen LogP contribution in [0, 0.1) is 5.41 Å². The largest absolute Gasteiger partial charge is 0.353 e. The summed E-state index contributed by atoms with van der Waals surface area (Å²) in [7, 11) is 2.03. The van der Waals surface area contributed by atoms with Crippen LogP contribution < -0.4 is 5.73 Å². The SMILES string of the molecule is Cn1cccc1[C@@H](N)C(C)(C)C. The molecule has 0 spiro atoms. The first kappa shape index (κ1) is 9.33. The summed E-state index contributed by atoms with van der Waals surface area (Å²) in [6.45, 7) is 6.47. The quantitative estimate of drug-likeness (QED) is 0.680. The fraction of sp³-hybridized carbons (Fsp3) is 0.600. The summed E-state index contributed by atoms with van der Waals surface area (Å²) in [5.41, 5.74) is 7.42. The van der Waals surface area contributed by atoms with Gasteiger partial charge in [-0.25, -0.2) is 0 Å². The first-order valence-corrected chi connectivity index (χ1v) is 4.30. The lowest BCUT2D eigenvalue weighted by Gasteiger charge is -2.27. The second kappa shape index (κ2) is 2.94. The van der Waals surface area contributed by atoms with E-state index in [1.54, 1.807) is 0 Å². The van der Waals surface area contributed by atoms with E-state index in [1.807, 2.05) is 19.3 Å². The topological polar surface area (TPSA) is 30.9 Å². The Morgan fingerprint density at radius 3 is 2.33 bits per heavy atom. The standard InChI is InChI=1S/C10H18N2/c1-10(2,3)9(11)8-6-5-7-12(8)4/h5-7,9H,11H2,1-4H3/t9-/m1/s1. The molecule has 1 rings (SSSR count). The highest BCUT2D eigenvalue weighted by Crippen LogP contribution is 2.29. The molecule has 0 saturated heterocycles. The van der Waals surface area contributed by atoms with Crippen LogP contribution in [0.2, 0.25) is 0 Å². The van der Waals surface area contributed by atoms with Crippen molar-refractivity contribution < 1.29 is 0 Å². The van der Waals surface area contributed by atoms with Gasteiger partial charge < -0.3 is 10.3 Å². The second-order valence-corrected chi connectivity index (χ2v) is 4.39. The van der Waals surface area contributed by atoms with Crippen molar-refractivity contribution in [3.63, 3.8) is 0 Å². The number of hydrogen-bond donors (Lipinski definition) is 1. The van der Waals surface area contributed by atoms with Crippen LogP contribution in [0.4, 0.5) is 0 Å². The molecule has 2 heteroatoms. The van der Waals surface area contributed by atoms with Crippen LogP contribution >= 0.6 is 0 Å². The van der Waals surface area contributed by atoms with E-state index in [-0.39, 0.29) is 11.5 Å². The van der Waals surface area contributed by atoms with Crippen LogP contribution in [-0.4, -0.2) is 4.57 Å². The average molecular weight is 166 g/mol. The summed E-state index contributed by atoms with van der Waals surface area (Å²) in [4.78, 5) is 0. The van der Waals surface area contributed by atoms with Gasteiger partial charge in [-0.15, -0.1) is 0 Å². The number of nitrogens with two attached hydrogens (primary N) is 1. The van der Waals surface area contributed by atoms with Crippen molar-refractivity contribution in [1.29, 1.82) is 0 Å². The van der Waals surface area contributed by atoms with Gasteiger partial charge in [0.05, 0.1) is 0 Å². The molecule has 2 nitrogen and oxygen atoms in total. The van der Waals surface area contributed by atoms with Crippen LogP contribution in [0.5, 0.6) is 0 Å². The molecule has 0 aliphatic heterocycles. The predicted octanol–water partition coefficient (Wildman–Crippen LogP) is 2.07. The second-order valence-electron chi connectivity index (χ2n) is 4.39. The Morgan fingerprint density at radius 1 is 1.42 bits per heavy atom. The molecule has 1 aromatic rings. The Bertz CT molecular complexity index is 255. The highest BCUT2D eigenvalue weighted by atomic mass is 15.0. The van der Waals surface area contributed by atoms with E-state index in [1.165, 1.54) is 5.69 Å². The summed E-state index contributed by atoms with van der Waals surface area (Å²) >= 11 is 0. The maximum atomic E-state index is 6.10. The molecule has 0 aromatic carbocycles. The zero-order valence-electron chi connectivity index (χ0n) is 8.33. The highest BCUT2D eigenvalue weighted by molar-refractivity contribution is 5.13. The van der Waals surface area contributed by atoms with E-state index in [9.17, 15) is 0 Å². The van der Waals surface area contributed by atoms with Gasteiger partial charge in [0.25, 0.3) is 0 Å². The maximum Gasteiger partial charge on any atom is 0.0498 e. The molecule has 0 unspecified atom stereocenters. The van der Waals surface area contributed by atoms with E-state index in [0.29, 0.717) is 0 Å². The third-order valence-electron chi connectivity index (χ3n) is 2.24. The summed E-state index contributed by atoms with van der Waals surface area (Å²) in [5, 5.41) is 0. The van der Waals surface area contributed by atoms with Gasteiger partial charge in [-0.3, -0.25) is 0 Å². The highest BCUT2D eigenvalue weighted by Gasteiger charge is 2.23. The molecule has 68 valence electrons. The fourth-order valence-corrected chi connectivity index (χ4v) is 1.24. The Hall–Kier alpha value is -0.760. The molecule has 1 heterocycles. The molecule has 2 N–H and O–H groups in total. The summed E-state index contributed by atoms with van der Waals surface area (Å²) in [6.07, 6.45) is 2.03. The lowest BCUT2D eigenvalue weighted by atomic mass is 9.85.